The van der Waals surface area contributed by atoms with Crippen LogP contribution in [0.4, 0.5) is 0 Å². The zero-order chi connectivity index (χ0) is 25.0. The third kappa shape index (κ3) is 7.69. The number of fused-ring (bicyclic) bond motifs is 1. The average molecular weight is 513 g/mol. The predicted molar refractivity (Wildman–Crippen MR) is 147 cm³/mol. The molecule has 0 N–H and O–H groups in total. The molecule has 2 heterocycles. The van der Waals surface area contributed by atoms with Gasteiger partial charge >= 0.3 is 5.69 Å². The van der Waals surface area contributed by atoms with Crippen molar-refractivity contribution in [3.63, 3.8) is 0 Å². The number of nitrogens with zero attached hydrogens (tertiary/aromatic N) is 4. The van der Waals surface area contributed by atoms with Gasteiger partial charge in [0.25, 0.3) is 5.56 Å². The van der Waals surface area contributed by atoms with E-state index in [2.05, 4.69) is 31.5 Å². The molecule has 0 saturated heterocycles. The van der Waals surface area contributed by atoms with Gasteiger partial charge in [-0.1, -0.05) is 70.1 Å². The number of aromatic nitrogens is 4. The van der Waals surface area contributed by atoms with Crippen LogP contribution in [-0.4, -0.2) is 30.2 Å². The van der Waals surface area contributed by atoms with E-state index in [1.165, 1.54) is 15.6 Å². The molecule has 9 heteroatoms. The van der Waals surface area contributed by atoms with Gasteiger partial charge in [0.15, 0.2) is 16.3 Å². The minimum absolute atomic E-state index is 0.278. The van der Waals surface area contributed by atoms with E-state index in [0.29, 0.717) is 35.7 Å². The molecular formula is C24H37ClN4O2S2. The van der Waals surface area contributed by atoms with Crippen LogP contribution in [-0.2, 0) is 20.1 Å². The zero-order valence-corrected chi connectivity index (χ0v) is 23.1. The van der Waals surface area contributed by atoms with Crippen LogP contribution >= 0.6 is 36.0 Å². The van der Waals surface area contributed by atoms with Crippen molar-refractivity contribution in [1.29, 1.82) is 0 Å². The zero-order valence-electron chi connectivity index (χ0n) is 20.6. The highest BCUT2D eigenvalue weighted by molar-refractivity contribution is 7.99. The summed E-state index contributed by atoms with van der Waals surface area (Å²) in [5, 5.41) is 1.42. The number of imidazole rings is 1. The first kappa shape index (κ1) is 29.4. The maximum absolute atomic E-state index is 13.1. The third-order valence-electron chi connectivity index (χ3n) is 4.56. The molecule has 0 atom stereocenters. The molecule has 3 rings (SSSR count). The van der Waals surface area contributed by atoms with Crippen LogP contribution in [0.1, 0.15) is 59.4 Å². The molecule has 3 aromatic rings. The molecule has 1 aromatic carbocycles. The molecule has 0 saturated carbocycles. The summed E-state index contributed by atoms with van der Waals surface area (Å²) in [7, 11) is 1.67. The van der Waals surface area contributed by atoms with Crippen molar-refractivity contribution in [3.05, 3.63) is 55.7 Å². The fourth-order valence-corrected chi connectivity index (χ4v) is 3.97. The minimum Gasteiger partial charge on any atom is -0.309 e. The molecular weight excluding hydrogens is 476 g/mol. The van der Waals surface area contributed by atoms with Gasteiger partial charge in [-0.2, -0.15) is 12.6 Å². The second-order valence-electron chi connectivity index (χ2n) is 7.15. The highest BCUT2D eigenvalue weighted by Gasteiger charge is 2.20. The summed E-state index contributed by atoms with van der Waals surface area (Å²) in [5.74, 6) is 1.90. The van der Waals surface area contributed by atoms with E-state index in [1.54, 1.807) is 18.8 Å². The van der Waals surface area contributed by atoms with Gasteiger partial charge in [-0.3, -0.25) is 13.9 Å². The summed E-state index contributed by atoms with van der Waals surface area (Å²) < 4.78 is 4.70. The highest BCUT2D eigenvalue weighted by Crippen LogP contribution is 2.24. The SMILES string of the molecule is CC.CCCS.CCCSc1nc2c(c(=O)n(CCC)c(=O)n2C)n1Cc1ccc(Cl)cc1. The summed E-state index contributed by atoms with van der Waals surface area (Å²) in [6.07, 6.45) is 2.89. The lowest BCUT2D eigenvalue weighted by Gasteiger charge is -2.10. The number of hydrogen-bond acceptors (Lipinski definition) is 5. The molecule has 2 aromatic heterocycles. The third-order valence-corrected chi connectivity index (χ3v) is 6.44. The molecule has 0 aliphatic rings. The number of benzene rings is 1. The molecule has 33 heavy (non-hydrogen) atoms. The molecule has 0 aliphatic heterocycles. The van der Waals surface area contributed by atoms with E-state index in [-0.39, 0.29) is 11.2 Å². The Morgan fingerprint density at radius 1 is 1.00 bits per heavy atom. The Balaban J connectivity index is 0.000000820. The fourth-order valence-electron chi connectivity index (χ4n) is 2.99. The Morgan fingerprint density at radius 2 is 1.61 bits per heavy atom. The first-order valence-electron chi connectivity index (χ1n) is 11.6. The van der Waals surface area contributed by atoms with E-state index >= 15 is 0 Å². The van der Waals surface area contributed by atoms with Crippen LogP contribution < -0.4 is 11.2 Å². The van der Waals surface area contributed by atoms with Gasteiger partial charge in [-0.05, 0) is 42.7 Å². The smallest absolute Gasteiger partial charge is 0.309 e. The van der Waals surface area contributed by atoms with Gasteiger partial charge in [0, 0.05) is 24.4 Å². The summed E-state index contributed by atoms with van der Waals surface area (Å²) in [5.41, 5.74) is 1.33. The number of thioether (sulfide) groups is 1. The van der Waals surface area contributed by atoms with Crippen LogP contribution in [0.3, 0.4) is 0 Å². The van der Waals surface area contributed by atoms with Crippen molar-refractivity contribution in [3.8, 4) is 0 Å². The first-order valence-corrected chi connectivity index (χ1v) is 13.6. The van der Waals surface area contributed by atoms with Crippen molar-refractivity contribution in [2.75, 3.05) is 11.5 Å². The standard InChI is InChI=1S/C19H23ClN4O2S.C3H8S.C2H6/c1-4-10-23-17(25)15-16(22(3)19(23)26)21-18(27-11-5-2)24(15)12-13-6-8-14(20)9-7-13;1-2-3-4;1-2/h6-9H,4-5,10-12H2,1-3H3;4H,2-3H2,1H3;1-2H3. The van der Waals surface area contributed by atoms with Crippen LogP contribution in [0.2, 0.25) is 5.02 Å². The maximum atomic E-state index is 13.1. The lowest BCUT2D eigenvalue weighted by Crippen LogP contribution is -2.39. The largest absolute Gasteiger partial charge is 0.332 e. The van der Waals surface area contributed by atoms with Crippen LogP contribution in [0.25, 0.3) is 11.2 Å². The molecule has 0 amide bonds. The van der Waals surface area contributed by atoms with Crippen molar-refractivity contribution in [1.82, 2.24) is 18.7 Å². The van der Waals surface area contributed by atoms with Gasteiger partial charge in [0.05, 0.1) is 6.54 Å². The minimum atomic E-state index is -0.322. The second-order valence-corrected chi connectivity index (χ2v) is 9.10. The molecule has 0 spiro atoms. The second kappa shape index (κ2) is 15.3. The van der Waals surface area contributed by atoms with E-state index in [1.807, 2.05) is 49.6 Å². The normalized spacial score (nSPS) is 10.4. The van der Waals surface area contributed by atoms with Crippen molar-refractivity contribution in [2.45, 2.75) is 72.1 Å². The summed E-state index contributed by atoms with van der Waals surface area (Å²) in [4.78, 5) is 30.3. The van der Waals surface area contributed by atoms with E-state index in [4.69, 9.17) is 11.6 Å². The summed E-state index contributed by atoms with van der Waals surface area (Å²) >= 11 is 11.5. The van der Waals surface area contributed by atoms with Crippen molar-refractivity contribution < 1.29 is 0 Å². The van der Waals surface area contributed by atoms with E-state index in [9.17, 15) is 9.59 Å². The molecule has 184 valence electrons. The summed E-state index contributed by atoms with van der Waals surface area (Å²) in [6, 6.07) is 7.55. The average Bonchev–Trinajstić information content (AvgIpc) is 3.20. The molecule has 6 nitrogen and oxygen atoms in total. The number of aryl methyl sites for hydroxylation is 1. The number of rotatable bonds is 8. The molecule has 0 aliphatic carbocycles. The van der Waals surface area contributed by atoms with Crippen molar-refractivity contribution in [2.24, 2.45) is 7.05 Å². The Hall–Kier alpha value is -1.64. The number of hydrogen-bond donors (Lipinski definition) is 1. The Morgan fingerprint density at radius 3 is 2.12 bits per heavy atom. The lowest BCUT2D eigenvalue weighted by atomic mass is 10.2. The Bertz CT molecular complexity index is 1100. The molecule has 0 radical (unpaired) electrons. The van der Waals surface area contributed by atoms with Crippen LogP contribution in [0, 0.1) is 0 Å². The number of halogens is 1. The lowest BCUT2D eigenvalue weighted by molar-refractivity contribution is 0.590. The van der Waals surface area contributed by atoms with Crippen molar-refractivity contribution >= 4 is 47.2 Å². The highest BCUT2D eigenvalue weighted by atomic mass is 35.5. The van der Waals surface area contributed by atoms with Gasteiger partial charge in [-0.25, -0.2) is 9.78 Å². The van der Waals surface area contributed by atoms with E-state index < -0.39 is 0 Å². The Labute approximate surface area is 211 Å². The van der Waals surface area contributed by atoms with Crippen LogP contribution in [0.5, 0.6) is 0 Å². The fraction of sp³-hybridized carbons (Fsp3) is 0.542. The van der Waals surface area contributed by atoms with Gasteiger partial charge in [-0.15, -0.1) is 0 Å². The van der Waals surface area contributed by atoms with Crippen LogP contribution in [0.15, 0.2) is 39.0 Å². The topological polar surface area (TPSA) is 61.8 Å². The summed E-state index contributed by atoms with van der Waals surface area (Å²) in [6.45, 7) is 11.0. The predicted octanol–water partition coefficient (Wildman–Crippen LogP) is 5.86. The van der Waals surface area contributed by atoms with Gasteiger partial charge < -0.3 is 4.57 Å². The van der Waals surface area contributed by atoms with Gasteiger partial charge in [0.1, 0.15) is 0 Å². The molecule has 0 fully saturated rings. The molecule has 0 unspecified atom stereocenters. The quantitative estimate of drug-likeness (QED) is 0.303. The molecule has 0 bridgehead atoms. The van der Waals surface area contributed by atoms with Gasteiger partial charge in [0.2, 0.25) is 0 Å². The Kier molecular flexibility index (Phi) is 13.6. The number of thiol groups is 1. The monoisotopic (exact) mass is 512 g/mol. The maximum Gasteiger partial charge on any atom is 0.332 e. The van der Waals surface area contributed by atoms with E-state index in [0.717, 1.165) is 28.6 Å². The first-order chi connectivity index (χ1) is 15.9.